The molecule has 0 amide bonds. The van der Waals surface area contributed by atoms with Crippen molar-refractivity contribution in [3.05, 3.63) is 58.4 Å². The fraction of sp³-hybridized carbons (Fsp3) is 0.0714. The molecule has 2 aromatic carbocycles. The van der Waals surface area contributed by atoms with E-state index in [1.54, 1.807) is 18.2 Å². The summed E-state index contributed by atoms with van der Waals surface area (Å²) in [5.74, 6) is -0.0484. The normalized spacial score (nSPS) is 9.95. The summed E-state index contributed by atoms with van der Waals surface area (Å²) >= 11 is 5.68. The Morgan fingerprint density at radius 2 is 2.05 bits per heavy atom. The molecule has 0 saturated heterocycles. The summed E-state index contributed by atoms with van der Waals surface area (Å²) in [7, 11) is 0. The van der Waals surface area contributed by atoms with Crippen LogP contribution in [0.4, 0.5) is 10.1 Å². The topological polar surface area (TPSA) is 59.0 Å². The molecule has 0 spiro atoms. The van der Waals surface area contributed by atoms with Gasteiger partial charge in [0.15, 0.2) is 0 Å². The maximum atomic E-state index is 13.0. The molecular formula is C14H10ClFN2O. The summed E-state index contributed by atoms with van der Waals surface area (Å²) in [4.78, 5) is 0. The Morgan fingerprint density at radius 1 is 1.26 bits per heavy atom. The molecule has 0 aliphatic carbocycles. The van der Waals surface area contributed by atoms with Crippen LogP contribution in [0.5, 0.6) is 5.75 Å². The quantitative estimate of drug-likeness (QED) is 0.873. The van der Waals surface area contributed by atoms with Gasteiger partial charge in [-0.2, -0.15) is 5.26 Å². The summed E-state index contributed by atoms with van der Waals surface area (Å²) in [6.45, 7) is 0.193. The number of nitriles is 1. The van der Waals surface area contributed by atoms with Gasteiger partial charge in [0, 0.05) is 5.69 Å². The number of nitrogen functional groups attached to an aromatic ring is 1. The monoisotopic (exact) mass is 276 g/mol. The van der Waals surface area contributed by atoms with Crippen molar-refractivity contribution in [1.29, 1.82) is 5.26 Å². The maximum absolute atomic E-state index is 13.0. The minimum absolute atomic E-state index is 0.0407. The molecule has 5 heteroatoms. The van der Waals surface area contributed by atoms with E-state index in [9.17, 15) is 4.39 Å². The Labute approximate surface area is 115 Å². The second-order valence-electron chi connectivity index (χ2n) is 3.90. The predicted molar refractivity (Wildman–Crippen MR) is 71.3 cm³/mol. The lowest BCUT2D eigenvalue weighted by Gasteiger charge is -2.09. The van der Waals surface area contributed by atoms with Gasteiger partial charge in [0.1, 0.15) is 24.2 Å². The first-order valence-corrected chi connectivity index (χ1v) is 5.84. The Bertz CT molecular complexity index is 652. The standard InChI is InChI=1S/C14H10ClFN2O/c15-12-5-9(1-3-13(12)16)8-19-14-4-2-11(18)6-10(14)7-17/h1-6H,8,18H2. The summed E-state index contributed by atoms with van der Waals surface area (Å²) in [5, 5.41) is 9.00. The van der Waals surface area contributed by atoms with Gasteiger partial charge in [-0.05, 0) is 35.9 Å². The number of benzene rings is 2. The Balaban J connectivity index is 2.14. The van der Waals surface area contributed by atoms with Crippen LogP contribution in [0.1, 0.15) is 11.1 Å². The molecule has 0 aliphatic rings. The van der Waals surface area contributed by atoms with E-state index in [-0.39, 0.29) is 11.6 Å². The third-order valence-corrected chi connectivity index (χ3v) is 2.79. The van der Waals surface area contributed by atoms with Gasteiger partial charge in [-0.1, -0.05) is 17.7 Å². The van der Waals surface area contributed by atoms with Crippen molar-refractivity contribution in [2.24, 2.45) is 0 Å². The molecule has 0 aromatic heterocycles. The highest BCUT2D eigenvalue weighted by molar-refractivity contribution is 6.30. The molecule has 2 aromatic rings. The van der Waals surface area contributed by atoms with Crippen LogP contribution in [-0.4, -0.2) is 0 Å². The second-order valence-corrected chi connectivity index (χ2v) is 4.31. The zero-order valence-corrected chi connectivity index (χ0v) is 10.6. The molecule has 0 aliphatic heterocycles. The van der Waals surface area contributed by atoms with Crippen LogP contribution in [-0.2, 0) is 6.61 Å². The molecule has 0 radical (unpaired) electrons. The van der Waals surface area contributed by atoms with Crippen molar-refractivity contribution < 1.29 is 9.13 Å². The van der Waals surface area contributed by atoms with E-state index >= 15 is 0 Å². The molecule has 0 bridgehead atoms. The first-order valence-electron chi connectivity index (χ1n) is 5.46. The van der Waals surface area contributed by atoms with E-state index in [1.807, 2.05) is 6.07 Å². The average molecular weight is 277 g/mol. The van der Waals surface area contributed by atoms with Crippen LogP contribution in [0.2, 0.25) is 5.02 Å². The summed E-state index contributed by atoms with van der Waals surface area (Å²) in [6.07, 6.45) is 0. The number of nitrogens with zero attached hydrogens (tertiary/aromatic N) is 1. The molecular weight excluding hydrogens is 267 g/mol. The van der Waals surface area contributed by atoms with Crippen LogP contribution in [0.15, 0.2) is 36.4 Å². The number of hydrogen-bond acceptors (Lipinski definition) is 3. The fourth-order valence-corrected chi connectivity index (χ4v) is 1.75. The smallest absolute Gasteiger partial charge is 0.141 e. The van der Waals surface area contributed by atoms with Crippen molar-refractivity contribution in [3.8, 4) is 11.8 Å². The Morgan fingerprint density at radius 3 is 2.74 bits per heavy atom. The molecule has 3 nitrogen and oxygen atoms in total. The largest absolute Gasteiger partial charge is 0.488 e. The first kappa shape index (κ1) is 13.2. The van der Waals surface area contributed by atoms with E-state index in [2.05, 4.69) is 0 Å². The fourth-order valence-electron chi connectivity index (χ4n) is 1.55. The van der Waals surface area contributed by atoms with Gasteiger partial charge in [-0.3, -0.25) is 0 Å². The number of rotatable bonds is 3. The van der Waals surface area contributed by atoms with E-state index in [0.29, 0.717) is 22.6 Å². The molecule has 0 saturated carbocycles. The van der Waals surface area contributed by atoms with Gasteiger partial charge in [0.05, 0.1) is 10.6 Å². The van der Waals surface area contributed by atoms with E-state index in [4.69, 9.17) is 27.3 Å². The number of anilines is 1. The Kier molecular flexibility index (Phi) is 3.88. The molecule has 0 atom stereocenters. The van der Waals surface area contributed by atoms with E-state index in [1.165, 1.54) is 18.2 Å². The van der Waals surface area contributed by atoms with Crippen molar-refractivity contribution >= 4 is 17.3 Å². The van der Waals surface area contributed by atoms with Crippen LogP contribution < -0.4 is 10.5 Å². The highest BCUT2D eigenvalue weighted by atomic mass is 35.5. The van der Waals surface area contributed by atoms with Crippen LogP contribution in [0.25, 0.3) is 0 Å². The molecule has 2 rings (SSSR count). The lowest BCUT2D eigenvalue weighted by atomic mass is 10.2. The lowest BCUT2D eigenvalue weighted by Crippen LogP contribution is -1.98. The molecule has 0 heterocycles. The zero-order chi connectivity index (χ0) is 13.8. The number of nitrogens with two attached hydrogens (primary N) is 1. The van der Waals surface area contributed by atoms with Gasteiger partial charge in [0.2, 0.25) is 0 Å². The highest BCUT2D eigenvalue weighted by Gasteiger charge is 2.05. The molecule has 0 unspecified atom stereocenters. The predicted octanol–water partition coefficient (Wildman–Crippen LogP) is 3.51. The van der Waals surface area contributed by atoms with Gasteiger partial charge < -0.3 is 10.5 Å². The van der Waals surface area contributed by atoms with Crippen LogP contribution in [0.3, 0.4) is 0 Å². The highest BCUT2D eigenvalue weighted by Crippen LogP contribution is 2.22. The van der Waals surface area contributed by atoms with E-state index < -0.39 is 5.82 Å². The van der Waals surface area contributed by atoms with E-state index in [0.717, 1.165) is 0 Å². The number of hydrogen-bond donors (Lipinski definition) is 1. The third kappa shape index (κ3) is 3.15. The number of ether oxygens (including phenoxy) is 1. The summed E-state index contributed by atoms with van der Waals surface area (Å²) < 4.78 is 18.5. The van der Waals surface area contributed by atoms with Crippen LogP contribution in [0, 0.1) is 17.1 Å². The second kappa shape index (κ2) is 5.59. The molecule has 0 fully saturated rings. The first-order chi connectivity index (χ1) is 9.10. The van der Waals surface area contributed by atoms with Crippen molar-refractivity contribution in [2.45, 2.75) is 6.61 Å². The molecule has 19 heavy (non-hydrogen) atoms. The summed E-state index contributed by atoms with van der Waals surface area (Å²) in [5.41, 5.74) is 7.14. The Hall–Kier alpha value is -2.25. The zero-order valence-electron chi connectivity index (χ0n) is 9.86. The van der Waals surface area contributed by atoms with Crippen molar-refractivity contribution in [3.63, 3.8) is 0 Å². The van der Waals surface area contributed by atoms with Crippen LogP contribution >= 0.6 is 11.6 Å². The molecule has 2 N–H and O–H groups in total. The van der Waals surface area contributed by atoms with Gasteiger partial charge in [-0.15, -0.1) is 0 Å². The summed E-state index contributed by atoms with van der Waals surface area (Å²) in [6, 6.07) is 11.1. The third-order valence-electron chi connectivity index (χ3n) is 2.50. The lowest BCUT2D eigenvalue weighted by molar-refractivity contribution is 0.305. The maximum Gasteiger partial charge on any atom is 0.141 e. The van der Waals surface area contributed by atoms with Crippen molar-refractivity contribution in [1.82, 2.24) is 0 Å². The average Bonchev–Trinajstić information content (AvgIpc) is 2.41. The van der Waals surface area contributed by atoms with Gasteiger partial charge >= 0.3 is 0 Å². The van der Waals surface area contributed by atoms with Gasteiger partial charge in [-0.25, -0.2) is 4.39 Å². The van der Waals surface area contributed by atoms with Gasteiger partial charge in [0.25, 0.3) is 0 Å². The minimum Gasteiger partial charge on any atom is -0.488 e. The number of halogens is 2. The molecule has 96 valence electrons. The van der Waals surface area contributed by atoms with Crippen molar-refractivity contribution in [2.75, 3.05) is 5.73 Å². The minimum atomic E-state index is -0.476. The SMILES string of the molecule is N#Cc1cc(N)ccc1OCc1ccc(F)c(Cl)c1.